The number of amides is 1. The van der Waals surface area contributed by atoms with Crippen LogP contribution in [0.5, 0.6) is 0 Å². The number of ether oxygens (including phenoxy) is 1. The summed E-state index contributed by atoms with van der Waals surface area (Å²) in [5, 5.41) is 6.18. The van der Waals surface area contributed by atoms with E-state index < -0.39 is 0 Å². The van der Waals surface area contributed by atoms with Gasteiger partial charge in [0, 0.05) is 33.0 Å². The van der Waals surface area contributed by atoms with Crippen molar-refractivity contribution in [2.24, 2.45) is 5.92 Å². The first-order valence-corrected chi connectivity index (χ1v) is 7.08. The van der Waals surface area contributed by atoms with E-state index in [1.165, 1.54) is 0 Å². The molecule has 0 aliphatic heterocycles. The van der Waals surface area contributed by atoms with Crippen molar-refractivity contribution in [3.63, 3.8) is 0 Å². The van der Waals surface area contributed by atoms with Crippen molar-refractivity contribution in [2.45, 2.75) is 33.4 Å². The van der Waals surface area contributed by atoms with Gasteiger partial charge in [0.15, 0.2) is 0 Å². The molecule has 0 aliphatic rings. The number of hydrogen-bond donors (Lipinski definition) is 2. The molecule has 0 atom stereocenters. The number of rotatable bonds is 10. The van der Waals surface area contributed by atoms with Crippen LogP contribution >= 0.6 is 0 Å². The number of carbonyl (C=O) groups excluding carboxylic acids is 1. The van der Waals surface area contributed by atoms with Crippen LogP contribution in [0.15, 0.2) is 12.5 Å². The first-order valence-electron chi connectivity index (χ1n) is 7.08. The third kappa shape index (κ3) is 7.25. The van der Waals surface area contributed by atoms with Crippen LogP contribution in [-0.4, -0.2) is 42.3 Å². The Hall–Kier alpha value is -1.40. The minimum Gasteiger partial charge on any atom is -0.385 e. The monoisotopic (exact) mass is 282 g/mol. The molecule has 0 unspecified atom stereocenters. The van der Waals surface area contributed by atoms with E-state index in [2.05, 4.69) is 29.5 Å². The largest absolute Gasteiger partial charge is 0.385 e. The Kier molecular flexibility index (Phi) is 7.91. The summed E-state index contributed by atoms with van der Waals surface area (Å²) in [5.74, 6) is 0.621. The molecular formula is C14H26N4O2. The highest BCUT2D eigenvalue weighted by atomic mass is 16.5. The zero-order valence-corrected chi connectivity index (χ0v) is 12.7. The Labute approximate surface area is 120 Å². The van der Waals surface area contributed by atoms with E-state index in [0.29, 0.717) is 25.6 Å². The SMILES string of the molecule is COCCCNC(=O)Cn1cnc(CNCC(C)C)c1. The molecule has 0 saturated carbocycles. The summed E-state index contributed by atoms with van der Waals surface area (Å²) in [6, 6.07) is 0. The van der Waals surface area contributed by atoms with E-state index in [4.69, 9.17) is 4.74 Å². The number of methoxy groups -OCH3 is 1. The van der Waals surface area contributed by atoms with Gasteiger partial charge in [0.05, 0.1) is 12.0 Å². The molecule has 0 fully saturated rings. The lowest BCUT2D eigenvalue weighted by atomic mass is 10.2. The van der Waals surface area contributed by atoms with Gasteiger partial charge in [0.1, 0.15) is 6.54 Å². The zero-order chi connectivity index (χ0) is 14.8. The van der Waals surface area contributed by atoms with Crippen molar-refractivity contribution in [2.75, 3.05) is 26.8 Å². The standard InChI is InChI=1S/C14H26N4O2/c1-12(2)7-15-8-13-9-18(11-17-13)10-14(19)16-5-4-6-20-3/h9,11-12,15H,4-8,10H2,1-3H3,(H,16,19). The summed E-state index contributed by atoms with van der Waals surface area (Å²) in [5.41, 5.74) is 0.956. The molecule has 2 N–H and O–H groups in total. The van der Waals surface area contributed by atoms with Crippen molar-refractivity contribution in [1.29, 1.82) is 0 Å². The fourth-order valence-electron chi connectivity index (χ4n) is 1.74. The van der Waals surface area contributed by atoms with Gasteiger partial charge < -0.3 is 19.9 Å². The summed E-state index contributed by atoms with van der Waals surface area (Å²) < 4.78 is 6.73. The quantitative estimate of drug-likeness (QED) is 0.622. The number of carbonyl (C=O) groups is 1. The number of nitrogens with one attached hydrogen (secondary N) is 2. The van der Waals surface area contributed by atoms with Crippen molar-refractivity contribution < 1.29 is 9.53 Å². The smallest absolute Gasteiger partial charge is 0.239 e. The average molecular weight is 282 g/mol. The molecule has 1 amide bonds. The Morgan fingerprint density at radius 2 is 2.30 bits per heavy atom. The minimum atomic E-state index is 0.000178. The summed E-state index contributed by atoms with van der Waals surface area (Å²) in [6.07, 6.45) is 4.43. The lowest BCUT2D eigenvalue weighted by Gasteiger charge is -2.05. The molecule has 1 aromatic rings. The molecule has 0 spiro atoms. The molecule has 1 rings (SSSR count). The second-order valence-corrected chi connectivity index (χ2v) is 5.26. The predicted octanol–water partition coefficient (Wildman–Crippen LogP) is 0.781. The molecule has 0 aliphatic carbocycles. The maximum Gasteiger partial charge on any atom is 0.239 e. The van der Waals surface area contributed by atoms with Gasteiger partial charge in [-0.15, -0.1) is 0 Å². The fourth-order valence-corrected chi connectivity index (χ4v) is 1.74. The van der Waals surface area contributed by atoms with Crippen molar-refractivity contribution in [3.05, 3.63) is 18.2 Å². The summed E-state index contributed by atoms with van der Waals surface area (Å²) in [6.45, 7) is 7.65. The number of nitrogens with zero attached hydrogens (tertiary/aromatic N) is 2. The molecule has 1 aromatic heterocycles. The van der Waals surface area contributed by atoms with Gasteiger partial charge in [-0.05, 0) is 18.9 Å². The Balaban J connectivity index is 2.23. The van der Waals surface area contributed by atoms with Gasteiger partial charge in [0.25, 0.3) is 0 Å². The lowest BCUT2D eigenvalue weighted by Crippen LogP contribution is -2.28. The Morgan fingerprint density at radius 3 is 3.00 bits per heavy atom. The first-order chi connectivity index (χ1) is 9.61. The molecule has 6 heteroatoms. The molecule has 1 heterocycles. The molecule has 0 bridgehead atoms. The van der Waals surface area contributed by atoms with E-state index in [1.807, 2.05) is 6.20 Å². The second kappa shape index (κ2) is 9.50. The van der Waals surface area contributed by atoms with Gasteiger partial charge in [-0.1, -0.05) is 13.8 Å². The van der Waals surface area contributed by atoms with Crippen LogP contribution < -0.4 is 10.6 Å². The topological polar surface area (TPSA) is 68.2 Å². The zero-order valence-electron chi connectivity index (χ0n) is 12.7. The highest BCUT2D eigenvalue weighted by molar-refractivity contribution is 5.75. The highest BCUT2D eigenvalue weighted by Crippen LogP contribution is 1.97. The van der Waals surface area contributed by atoms with E-state index in [1.54, 1.807) is 18.0 Å². The van der Waals surface area contributed by atoms with Crippen LogP contribution in [0.3, 0.4) is 0 Å². The van der Waals surface area contributed by atoms with Gasteiger partial charge in [0.2, 0.25) is 5.91 Å². The molecule has 0 radical (unpaired) electrons. The normalized spacial score (nSPS) is 11.0. The highest BCUT2D eigenvalue weighted by Gasteiger charge is 2.04. The summed E-state index contributed by atoms with van der Waals surface area (Å²) in [4.78, 5) is 15.9. The van der Waals surface area contributed by atoms with Crippen molar-refractivity contribution in [3.8, 4) is 0 Å². The summed E-state index contributed by atoms with van der Waals surface area (Å²) >= 11 is 0. The van der Waals surface area contributed by atoms with Crippen molar-refractivity contribution in [1.82, 2.24) is 20.2 Å². The Bertz CT molecular complexity index is 390. The van der Waals surface area contributed by atoms with Crippen LogP contribution in [-0.2, 0) is 22.6 Å². The van der Waals surface area contributed by atoms with Crippen LogP contribution in [0, 0.1) is 5.92 Å². The lowest BCUT2D eigenvalue weighted by molar-refractivity contribution is -0.121. The van der Waals surface area contributed by atoms with Gasteiger partial charge in [-0.2, -0.15) is 0 Å². The number of imidazole rings is 1. The third-order valence-corrected chi connectivity index (χ3v) is 2.72. The van der Waals surface area contributed by atoms with Crippen LogP contribution in [0.2, 0.25) is 0 Å². The molecule has 114 valence electrons. The van der Waals surface area contributed by atoms with Crippen LogP contribution in [0.1, 0.15) is 26.0 Å². The molecular weight excluding hydrogens is 256 g/mol. The Morgan fingerprint density at radius 1 is 1.50 bits per heavy atom. The fraction of sp³-hybridized carbons (Fsp3) is 0.714. The van der Waals surface area contributed by atoms with E-state index >= 15 is 0 Å². The molecule has 20 heavy (non-hydrogen) atoms. The van der Waals surface area contributed by atoms with Crippen LogP contribution in [0.4, 0.5) is 0 Å². The predicted molar refractivity (Wildman–Crippen MR) is 78.3 cm³/mol. The van der Waals surface area contributed by atoms with Crippen molar-refractivity contribution >= 4 is 5.91 Å². The molecule has 0 aromatic carbocycles. The van der Waals surface area contributed by atoms with E-state index in [9.17, 15) is 4.79 Å². The minimum absolute atomic E-state index is 0.000178. The average Bonchev–Trinajstić information content (AvgIpc) is 2.82. The van der Waals surface area contributed by atoms with E-state index in [-0.39, 0.29) is 5.91 Å². The maximum atomic E-state index is 11.7. The summed E-state index contributed by atoms with van der Waals surface area (Å²) in [7, 11) is 1.65. The maximum absolute atomic E-state index is 11.7. The third-order valence-electron chi connectivity index (χ3n) is 2.72. The molecule has 0 saturated heterocycles. The second-order valence-electron chi connectivity index (χ2n) is 5.26. The van der Waals surface area contributed by atoms with E-state index in [0.717, 1.165) is 25.2 Å². The number of aromatic nitrogens is 2. The molecule has 6 nitrogen and oxygen atoms in total. The van der Waals surface area contributed by atoms with Gasteiger partial charge in [-0.3, -0.25) is 4.79 Å². The van der Waals surface area contributed by atoms with Gasteiger partial charge in [-0.25, -0.2) is 4.98 Å². The number of hydrogen-bond acceptors (Lipinski definition) is 4. The van der Waals surface area contributed by atoms with Gasteiger partial charge >= 0.3 is 0 Å². The van der Waals surface area contributed by atoms with Crippen LogP contribution in [0.25, 0.3) is 0 Å². The first kappa shape index (κ1) is 16.7.